The van der Waals surface area contributed by atoms with Gasteiger partial charge in [-0.25, -0.2) is 8.42 Å². The van der Waals surface area contributed by atoms with Gasteiger partial charge in [0.05, 0.1) is 29.7 Å². The summed E-state index contributed by atoms with van der Waals surface area (Å²) in [7, 11) is -0.992. The molecule has 114 valence electrons. The van der Waals surface area contributed by atoms with Crippen molar-refractivity contribution < 1.29 is 17.9 Å². The number of methoxy groups -OCH3 is 1. The van der Waals surface area contributed by atoms with E-state index in [1.54, 1.807) is 0 Å². The van der Waals surface area contributed by atoms with Gasteiger partial charge in [0.25, 0.3) is 0 Å². The molecule has 1 aromatic carbocycles. The second kappa shape index (κ2) is 7.73. The Morgan fingerprint density at radius 2 is 2.19 bits per heavy atom. The molecule has 0 atom stereocenters. The highest BCUT2D eigenvalue weighted by molar-refractivity contribution is 7.89. The summed E-state index contributed by atoms with van der Waals surface area (Å²) < 4.78 is 30.3. The third-order valence-corrected chi connectivity index (χ3v) is 4.47. The smallest absolute Gasteiger partial charge is 0.243 e. The van der Waals surface area contributed by atoms with Crippen LogP contribution < -0.4 is 5.32 Å². The van der Waals surface area contributed by atoms with E-state index in [4.69, 9.17) is 10.00 Å². The minimum absolute atomic E-state index is 0.0197. The highest BCUT2D eigenvalue weighted by Gasteiger charge is 2.23. The molecule has 0 heterocycles. The third-order valence-electron chi connectivity index (χ3n) is 2.67. The maximum atomic E-state index is 12.3. The van der Waals surface area contributed by atoms with Crippen molar-refractivity contribution >= 4 is 15.9 Å². The van der Waals surface area contributed by atoms with Crippen molar-refractivity contribution in [3.63, 3.8) is 0 Å². The summed E-state index contributed by atoms with van der Waals surface area (Å²) in [4.78, 5) is 11.6. The number of amides is 1. The molecule has 0 saturated heterocycles. The van der Waals surface area contributed by atoms with Gasteiger partial charge in [0.2, 0.25) is 15.9 Å². The average molecular weight is 311 g/mol. The Morgan fingerprint density at radius 3 is 2.81 bits per heavy atom. The zero-order valence-electron chi connectivity index (χ0n) is 11.9. The fraction of sp³-hybridized carbons (Fsp3) is 0.385. The van der Waals surface area contributed by atoms with Gasteiger partial charge >= 0.3 is 0 Å². The molecule has 1 rings (SSSR count). The Bertz CT molecular complexity index is 637. The van der Waals surface area contributed by atoms with Crippen molar-refractivity contribution in [1.29, 1.82) is 5.26 Å². The van der Waals surface area contributed by atoms with Gasteiger partial charge in [-0.3, -0.25) is 4.79 Å². The molecular weight excluding hydrogens is 294 g/mol. The Balaban J connectivity index is 2.77. The number of rotatable bonds is 7. The first kappa shape index (κ1) is 17.1. The lowest BCUT2D eigenvalue weighted by molar-refractivity contribution is -0.121. The maximum absolute atomic E-state index is 12.3. The van der Waals surface area contributed by atoms with Gasteiger partial charge in [-0.2, -0.15) is 9.57 Å². The molecule has 0 aliphatic rings. The molecule has 0 radical (unpaired) electrons. The van der Waals surface area contributed by atoms with Gasteiger partial charge in [-0.1, -0.05) is 6.07 Å². The van der Waals surface area contributed by atoms with E-state index in [-0.39, 0.29) is 17.0 Å². The van der Waals surface area contributed by atoms with E-state index in [1.165, 1.54) is 38.4 Å². The van der Waals surface area contributed by atoms with Crippen molar-refractivity contribution in [2.75, 3.05) is 33.9 Å². The summed E-state index contributed by atoms with van der Waals surface area (Å²) in [6.07, 6.45) is 0. The van der Waals surface area contributed by atoms with Crippen LogP contribution in [0.15, 0.2) is 29.2 Å². The summed E-state index contributed by atoms with van der Waals surface area (Å²) in [5, 5.41) is 11.3. The van der Waals surface area contributed by atoms with Crippen molar-refractivity contribution in [2.45, 2.75) is 4.90 Å². The van der Waals surface area contributed by atoms with Gasteiger partial charge in [0.1, 0.15) is 0 Å². The number of nitrogens with zero attached hydrogens (tertiary/aromatic N) is 2. The van der Waals surface area contributed by atoms with Gasteiger partial charge in [-0.15, -0.1) is 0 Å². The predicted octanol–water partition coefficient (Wildman–Crippen LogP) is -0.0586. The molecule has 0 spiro atoms. The average Bonchev–Trinajstić information content (AvgIpc) is 2.47. The van der Waals surface area contributed by atoms with Crippen LogP contribution in [0.25, 0.3) is 0 Å². The normalized spacial score (nSPS) is 11.1. The Hall–Kier alpha value is -1.95. The number of likely N-dealkylation sites (N-methyl/N-ethyl adjacent to an activating group) is 1. The minimum Gasteiger partial charge on any atom is -0.383 e. The number of ether oxygens (including phenoxy) is 1. The van der Waals surface area contributed by atoms with E-state index in [0.29, 0.717) is 13.2 Å². The van der Waals surface area contributed by atoms with Crippen LogP contribution in [0.1, 0.15) is 5.56 Å². The Kier molecular flexibility index (Phi) is 6.30. The van der Waals surface area contributed by atoms with Crippen LogP contribution in [0, 0.1) is 11.3 Å². The lowest BCUT2D eigenvalue weighted by atomic mass is 10.2. The van der Waals surface area contributed by atoms with Crippen molar-refractivity contribution in [3.05, 3.63) is 29.8 Å². The summed E-state index contributed by atoms with van der Waals surface area (Å²) in [6.45, 7) is 0.363. The maximum Gasteiger partial charge on any atom is 0.243 e. The van der Waals surface area contributed by atoms with Crippen LogP contribution in [0.2, 0.25) is 0 Å². The van der Waals surface area contributed by atoms with Crippen molar-refractivity contribution in [1.82, 2.24) is 9.62 Å². The largest absolute Gasteiger partial charge is 0.383 e. The van der Waals surface area contributed by atoms with E-state index in [2.05, 4.69) is 5.32 Å². The molecule has 0 fully saturated rings. The summed E-state index contributed by atoms with van der Waals surface area (Å²) in [6, 6.07) is 7.53. The lowest BCUT2D eigenvalue weighted by Gasteiger charge is -2.17. The first-order chi connectivity index (χ1) is 9.91. The first-order valence-electron chi connectivity index (χ1n) is 6.14. The summed E-state index contributed by atoms with van der Waals surface area (Å²) >= 11 is 0. The second-order valence-electron chi connectivity index (χ2n) is 4.24. The molecule has 1 aromatic rings. The molecule has 0 aromatic heterocycles. The number of hydrogen-bond donors (Lipinski definition) is 1. The molecule has 0 bridgehead atoms. The second-order valence-corrected chi connectivity index (χ2v) is 6.29. The van der Waals surface area contributed by atoms with Gasteiger partial charge in [0, 0.05) is 20.7 Å². The zero-order chi connectivity index (χ0) is 15.9. The number of nitriles is 1. The number of sulfonamides is 1. The Labute approximate surface area is 124 Å². The number of carbonyl (C=O) groups is 1. The van der Waals surface area contributed by atoms with E-state index in [9.17, 15) is 13.2 Å². The molecule has 0 unspecified atom stereocenters. The summed E-state index contributed by atoms with van der Waals surface area (Å²) in [5.41, 5.74) is 0.244. The fourth-order valence-corrected chi connectivity index (χ4v) is 2.72. The number of carbonyl (C=O) groups excluding carboxylic acids is 1. The molecule has 1 amide bonds. The monoisotopic (exact) mass is 311 g/mol. The van der Waals surface area contributed by atoms with Crippen LogP contribution in [0.4, 0.5) is 0 Å². The highest BCUT2D eigenvalue weighted by atomic mass is 32.2. The van der Waals surface area contributed by atoms with E-state index < -0.39 is 15.9 Å². The lowest BCUT2D eigenvalue weighted by Crippen LogP contribution is -2.39. The quantitative estimate of drug-likeness (QED) is 0.711. The molecule has 0 saturated carbocycles. The first-order valence-corrected chi connectivity index (χ1v) is 7.58. The fourth-order valence-electron chi connectivity index (χ4n) is 1.54. The molecule has 0 aliphatic carbocycles. The van der Waals surface area contributed by atoms with Crippen molar-refractivity contribution in [2.24, 2.45) is 0 Å². The van der Waals surface area contributed by atoms with Crippen LogP contribution in [0.5, 0.6) is 0 Å². The van der Waals surface area contributed by atoms with Gasteiger partial charge < -0.3 is 10.1 Å². The Morgan fingerprint density at radius 1 is 1.48 bits per heavy atom. The highest BCUT2D eigenvalue weighted by Crippen LogP contribution is 2.15. The van der Waals surface area contributed by atoms with E-state index in [1.807, 2.05) is 6.07 Å². The number of nitrogens with one attached hydrogen (secondary N) is 1. The SMILES string of the molecule is COCCNC(=O)CN(C)S(=O)(=O)c1cccc(C#N)c1. The number of hydrogen-bond acceptors (Lipinski definition) is 5. The van der Waals surface area contributed by atoms with E-state index in [0.717, 1.165) is 4.31 Å². The molecular formula is C13H17N3O4S. The van der Waals surface area contributed by atoms with Crippen LogP contribution in [0.3, 0.4) is 0 Å². The van der Waals surface area contributed by atoms with Crippen molar-refractivity contribution in [3.8, 4) is 6.07 Å². The molecule has 8 heteroatoms. The van der Waals surface area contributed by atoms with Crippen LogP contribution in [-0.4, -0.2) is 52.5 Å². The van der Waals surface area contributed by atoms with Gasteiger partial charge in [-0.05, 0) is 18.2 Å². The predicted molar refractivity (Wildman–Crippen MR) is 75.9 cm³/mol. The summed E-state index contributed by atoms with van der Waals surface area (Å²) in [5.74, 6) is -0.422. The standard InChI is InChI=1S/C13H17N3O4S/c1-16(10-13(17)15-6-7-20-2)21(18,19)12-5-3-4-11(8-12)9-14/h3-5,8H,6-7,10H2,1-2H3,(H,15,17). The minimum atomic E-state index is -3.81. The zero-order valence-corrected chi connectivity index (χ0v) is 12.7. The molecule has 7 nitrogen and oxygen atoms in total. The molecule has 1 N–H and O–H groups in total. The van der Waals surface area contributed by atoms with Crippen LogP contribution in [-0.2, 0) is 19.6 Å². The van der Waals surface area contributed by atoms with E-state index >= 15 is 0 Å². The third kappa shape index (κ3) is 4.82. The van der Waals surface area contributed by atoms with Crippen LogP contribution >= 0.6 is 0 Å². The topological polar surface area (TPSA) is 99.5 Å². The number of benzene rings is 1. The molecule has 0 aliphatic heterocycles. The van der Waals surface area contributed by atoms with Gasteiger partial charge in [0.15, 0.2) is 0 Å². The molecule has 21 heavy (non-hydrogen) atoms.